The van der Waals surface area contributed by atoms with Crippen LogP contribution in [0.25, 0.3) is 22.3 Å². The fourth-order valence-corrected chi connectivity index (χ4v) is 6.87. The zero-order valence-corrected chi connectivity index (χ0v) is 22.1. The lowest BCUT2D eigenvalue weighted by molar-refractivity contribution is 0.548. The number of fused-ring (bicyclic) bond motifs is 1. The summed E-state index contributed by atoms with van der Waals surface area (Å²) in [6.07, 6.45) is 7.66. The van der Waals surface area contributed by atoms with Crippen molar-refractivity contribution in [3.05, 3.63) is 36.9 Å². The number of pyridine rings is 1. The lowest BCUT2D eigenvalue weighted by atomic mass is 10.2. The van der Waals surface area contributed by atoms with Gasteiger partial charge >= 0.3 is 0 Å². The molecule has 1 saturated heterocycles. The minimum absolute atomic E-state index is 0.138. The minimum Gasteiger partial charge on any atom is -0.353 e. The van der Waals surface area contributed by atoms with Crippen molar-refractivity contribution in [1.82, 2.24) is 33.9 Å². The van der Waals surface area contributed by atoms with E-state index in [0.29, 0.717) is 60.5 Å². The molecule has 0 atom stereocenters. The third-order valence-corrected chi connectivity index (χ3v) is 9.79. The second-order valence-electron chi connectivity index (χ2n) is 9.52. The van der Waals surface area contributed by atoms with E-state index in [1.54, 1.807) is 18.5 Å². The van der Waals surface area contributed by atoms with Crippen molar-refractivity contribution in [2.24, 2.45) is 0 Å². The number of aromatic nitrogens is 7. The van der Waals surface area contributed by atoms with Gasteiger partial charge in [-0.05, 0) is 32.8 Å². The summed E-state index contributed by atoms with van der Waals surface area (Å²) in [5, 5.41) is 12.7. The van der Waals surface area contributed by atoms with E-state index in [0.717, 1.165) is 20.8 Å². The SMILES string of the molecule is CC(C)n1nc(N2CCS(=O)CC2)c2cnc(Nc3ccnc(-c4cnn(S(=O)(=O)C5CC5)c4)n3)cc21. The van der Waals surface area contributed by atoms with Gasteiger partial charge in [0.25, 0.3) is 10.0 Å². The molecule has 4 aromatic heterocycles. The van der Waals surface area contributed by atoms with Gasteiger partial charge in [0.2, 0.25) is 0 Å². The van der Waals surface area contributed by atoms with E-state index in [-0.39, 0.29) is 11.3 Å². The normalized spacial score (nSPS) is 17.1. The van der Waals surface area contributed by atoms with E-state index >= 15 is 0 Å². The number of hydrogen-bond acceptors (Lipinski definition) is 10. The van der Waals surface area contributed by atoms with Crippen LogP contribution < -0.4 is 10.2 Å². The van der Waals surface area contributed by atoms with Crippen molar-refractivity contribution in [3.8, 4) is 11.4 Å². The van der Waals surface area contributed by atoms with Crippen LogP contribution in [0.15, 0.2) is 36.9 Å². The molecule has 37 heavy (non-hydrogen) atoms. The molecular formula is C23H27N9O3S2. The average molecular weight is 542 g/mol. The zero-order chi connectivity index (χ0) is 25.7. The van der Waals surface area contributed by atoms with Crippen LogP contribution in [0.4, 0.5) is 17.5 Å². The maximum atomic E-state index is 12.5. The predicted molar refractivity (Wildman–Crippen MR) is 142 cm³/mol. The van der Waals surface area contributed by atoms with Crippen LogP contribution in [0.1, 0.15) is 32.7 Å². The third-order valence-electron chi connectivity index (χ3n) is 6.48. The number of nitrogens with one attached hydrogen (secondary N) is 1. The smallest absolute Gasteiger partial charge is 0.256 e. The van der Waals surface area contributed by atoms with Crippen LogP contribution in [0.5, 0.6) is 0 Å². The Morgan fingerprint density at radius 1 is 1.11 bits per heavy atom. The fourth-order valence-electron chi connectivity index (χ4n) is 4.34. The van der Waals surface area contributed by atoms with Gasteiger partial charge in [0.05, 0.1) is 34.1 Å². The van der Waals surface area contributed by atoms with Gasteiger partial charge in [-0.2, -0.15) is 14.3 Å². The summed E-state index contributed by atoms with van der Waals surface area (Å²) in [6.45, 7) is 5.57. The largest absolute Gasteiger partial charge is 0.353 e. The van der Waals surface area contributed by atoms with Crippen LogP contribution in [-0.4, -0.2) is 76.4 Å². The molecule has 1 N–H and O–H groups in total. The van der Waals surface area contributed by atoms with Gasteiger partial charge in [0, 0.05) is 59.9 Å². The first kappa shape index (κ1) is 24.0. The van der Waals surface area contributed by atoms with Crippen molar-refractivity contribution in [1.29, 1.82) is 0 Å². The number of nitrogens with zero attached hydrogens (tertiary/aromatic N) is 8. The Balaban J connectivity index is 1.28. The number of anilines is 3. The van der Waals surface area contributed by atoms with Crippen molar-refractivity contribution in [2.45, 2.75) is 38.0 Å². The lowest BCUT2D eigenvalue weighted by Crippen LogP contribution is -2.38. The molecule has 4 aromatic rings. The Morgan fingerprint density at radius 2 is 1.89 bits per heavy atom. The Morgan fingerprint density at radius 3 is 2.62 bits per heavy atom. The van der Waals surface area contributed by atoms with Crippen LogP contribution in [-0.2, 0) is 20.8 Å². The summed E-state index contributed by atoms with van der Waals surface area (Å²) in [5.74, 6) is 3.62. The van der Waals surface area contributed by atoms with E-state index in [2.05, 4.69) is 44.1 Å². The third kappa shape index (κ3) is 4.59. The summed E-state index contributed by atoms with van der Waals surface area (Å²) in [7, 11) is -4.22. The van der Waals surface area contributed by atoms with E-state index in [1.165, 1.54) is 12.4 Å². The summed E-state index contributed by atoms with van der Waals surface area (Å²) >= 11 is 0. The zero-order valence-electron chi connectivity index (χ0n) is 20.5. The van der Waals surface area contributed by atoms with Crippen LogP contribution >= 0.6 is 0 Å². The molecule has 14 heteroatoms. The van der Waals surface area contributed by atoms with E-state index in [4.69, 9.17) is 5.10 Å². The first-order valence-corrected chi connectivity index (χ1v) is 15.2. The maximum Gasteiger partial charge on any atom is 0.256 e. The molecule has 0 spiro atoms. The predicted octanol–water partition coefficient (Wildman–Crippen LogP) is 2.32. The van der Waals surface area contributed by atoms with Gasteiger partial charge in [0.15, 0.2) is 11.6 Å². The molecule has 1 saturated carbocycles. The molecule has 6 rings (SSSR count). The highest BCUT2D eigenvalue weighted by atomic mass is 32.2. The van der Waals surface area contributed by atoms with Crippen LogP contribution in [0.3, 0.4) is 0 Å². The highest BCUT2D eigenvalue weighted by molar-refractivity contribution is 7.90. The maximum absolute atomic E-state index is 12.5. The van der Waals surface area contributed by atoms with Gasteiger partial charge in [-0.15, -0.1) is 0 Å². The lowest BCUT2D eigenvalue weighted by Gasteiger charge is -2.26. The second-order valence-corrected chi connectivity index (χ2v) is 13.3. The molecular weight excluding hydrogens is 514 g/mol. The molecule has 0 unspecified atom stereocenters. The summed E-state index contributed by atoms with van der Waals surface area (Å²) < 4.78 is 39.7. The quantitative estimate of drug-likeness (QED) is 0.370. The van der Waals surface area contributed by atoms with E-state index < -0.39 is 20.8 Å². The first-order valence-electron chi connectivity index (χ1n) is 12.2. The summed E-state index contributed by atoms with van der Waals surface area (Å²) in [4.78, 5) is 15.6. The highest BCUT2D eigenvalue weighted by Gasteiger charge is 2.37. The number of hydrogen-bond donors (Lipinski definition) is 1. The van der Waals surface area contributed by atoms with E-state index in [9.17, 15) is 12.6 Å². The van der Waals surface area contributed by atoms with Crippen molar-refractivity contribution in [2.75, 3.05) is 34.8 Å². The molecule has 2 aliphatic rings. The summed E-state index contributed by atoms with van der Waals surface area (Å²) in [6, 6.07) is 3.80. The van der Waals surface area contributed by atoms with Crippen LogP contribution in [0, 0.1) is 0 Å². The number of rotatable bonds is 7. The van der Waals surface area contributed by atoms with Gasteiger partial charge in [-0.3, -0.25) is 8.89 Å². The second kappa shape index (κ2) is 9.17. The molecule has 0 bridgehead atoms. The Bertz CT molecular complexity index is 1600. The van der Waals surface area contributed by atoms with Gasteiger partial charge in [-0.25, -0.2) is 23.4 Å². The molecule has 12 nitrogen and oxygen atoms in total. The van der Waals surface area contributed by atoms with Crippen molar-refractivity contribution >= 4 is 49.2 Å². The minimum atomic E-state index is -3.46. The first-order chi connectivity index (χ1) is 17.8. The van der Waals surface area contributed by atoms with Gasteiger partial charge in [0.1, 0.15) is 11.6 Å². The molecule has 0 radical (unpaired) electrons. The molecule has 0 aromatic carbocycles. The standard InChI is InChI=1S/C23H27N9O3S2/c1-15(2)32-19-11-21(25-13-18(19)23(29-32)30-7-9-36(33)10-8-30)27-20-5-6-24-22(28-20)16-12-26-31(14-16)37(34,35)17-3-4-17/h5-6,11-15,17H,3-4,7-10H2,1-2H3,(H,24,25,27,28). The Kier molecular flexibility index (Phi) is 5.94. The summed E-state index contributed by atoms with van der Waals surface area (Å²) in [5.41, 5.74) is 1.45. The van der Waals surface area contributed by atoms with Gasteiger partial charge in [-0.1, -0.05) is 0 Å². The fraction of sp³-hybridized carbons (Fsp3) is 0.435. The monoisotopic (exact) mass is 541 g/mol. The molecule has 2 fully saturated rings. The molecule has 1 aliphatic carbocycles. The molecule has 194 valence electrons. The van der Waals surface area contributed by atoms with E-state index in [1.807, 2.05) is 10.7 Å². The van der Waals surface area contributed by atoms with Crippen molar-refractivity contribution in [3.63, 3.8) is 0 Å². The average Bonchev–Trinajstić information content (AvgIpc) is 3.51. The molecule has 5 heterocycles. The van der Waals surface area contributed by atoms with Gasteiger partial charge < -0.3 is 10.2 Å². The topological polar surface area (TPSA) is 141 Å². The molecule has 0 amide bonds. The highest BCUT2D eigenvalue weighted by Crippen LogP contribution is 2.32. The Labute approximate surface area is 216 Å². The Hall–Kier alpha value is -3.39. The van der Waals surface area contributed by atoms with Crippen molar-refractivity contribution < 1.29 is 12.6 Å². The van der Waals surface area contributed by atoms with Crippen LogP contribution in [0.2, 0.25) is 0 Å². The molecule has 1 aliphatic heterocycles.